The van der Waals surface area contributed by atoms with E-state index >= 15 is 0 Å². The van der Waals surface area contributed by atoms with Crippen LogP contribution in [0.4, 0.5) is 0 Å². The van der Waals surface area contributed by atoms with Gasteiger partial charge in [-0.25, -0.2) is 4.68 Å². The molecule has 1 aliphatic heterocycles. The van der Waals surface area contributed by atoms with Gasteiger partial charge in [-0.2, -0.15) is 0 Å². The molecule has 6 nitrogen and oxygen atoms in total. The molecular formula is C12H21N5O. The third-order valence-electron chi connectivity index (χ3n) is 2.91. The van der Waals surface area contributed by atoms with Crippen molar-refractivity contribution in [3.8, 4) is 0 Å². The van der Waals surface area contributed by atoms with E-state index in [1.807, 2.05) is 25.5 Å². The highest BCUT2D eigenvalue weighted by atomic mass is 16.2. The van der Waals surface area contributed by atoms with Gasteiger partial charge in [0.25, 0.3) is 5.91 Å². The zero-order valence-electron chi connectivity index (χ0n) is 11.2. The van der Waals surface area contributed by atoms with E-state index in [0.717, 1.165) is 25.9 Å². The Labute approximate surface area is 107 Å². The largest absolute Gasteiger partial charge is 0.346 e. The van der Waals surface area contributed by atoms with E-state index in [-0.39, 0.29) is 11.4 Å². The van der Waals surface area contributed by atoms with Crippen molar-refractivity contribution in [2.24, 2.45) is 0 Å². The van der Waals surface area contributed by atoms with Crippen LogP contribution in [-0.4, -0.2) is 39.5 Å². The van der Waals surface area contributed by atoms with Gasteiger partial charge in [0.2, 0.25) is 0 Å². The van der Waals surface area contributed by atoms with E-state index in [2.05, 4.69) is 20.9 Å². The van der Waals surface area contributed by atoms with Gasteiger partial charge in [-0.05, 0) is 46.7 Å². The molecule has 2 N–H and O–H groups in total. The maximum Gasteiger partial charge on any atom is 0.273 e. The Balaban J connectivity index is 2.03. The fourth-order valence-corrected chi connectivity index (χ4v) is 2.04. The molecule has 0 aromatic carbocycles. The van der Waals surface area contributed by atoms with Gasteiger partial charge in [-0.15, -0.1) is 5.10 Å². The van der Waals surface area contributed by atoms with Gasteiger partial charge in [0.15, 0.2) is 5.69 Å². The summed E-state index contributed by atoms with van der Waals surface area (Å²) < 4.78 is 1.82. The van der Waals surface area contributed by atoms with Crippen LogP contribution >= 0.6 is 0 Å². The summed E-state index contributed by atoms with van der Waals surface area (Å²) in [6.07, 6.45) is 3.81. The van der Waals surface area contributed by atoms with Crippen molar-refractivity contribution in [2.45, 2.75) is 45.2 Å². The minimum Gasteiger partial charge on any atom is -0.346 e. The van der Waals surface area contributed by atoms with Crippen molar-refractivity contribution in [3.05, 3.63) is 11.9 Å². The molecule has 0 unspecified atom stereocenters. The quantitative estimate of drug-likeness (QED) is 0.813. The summed E-state index contributed by atoms with van der Waals surface area (Å²) in [5.74, 6) is -0.164. The first-order chi connectivity index (χ1) is 8.46. The number of carbonyl (C=O) groups excluding carboxylic acids is 1. The molecule has 0 spiro atoms. The highest BCUT2D eigenvalue weighted by molar-refractivity contribution is 5.92. The topological polar surface area (TPSA) is 71.8 Å². The molecular weight excluding hydrogens is 230 g/mol. The Morgan fingerprint density at radius 2 is 2.11 bits per heavy atom. The first-order valence-corrected chi connectivity index (χ1v) is 6.41. The summed E-state index contributed by atoms with van der Waals surface area (Å²) in [5, 5.41) is 14.2. The van der Waals surface area contributed by atoms with Crippen LogP contribution in [0, 0.1) is 0 Å². The first kappa shape index (κ1) is 13.0. The summed E-state index contributed by atoms with van der Waals surface area (Å²) in [6, 6.07) is 0.356. The summed E-state index contributed by atoms with van der Waals surface area (Å²) in [4.78, 5) is 11.9. The fraction of sp³-hybridized carbons (Fsp3) is 0.750. The number of hydrogen-bond acceptors (Lipinski definition) is 4. The zero-order valence-corrected chi connectivity index (χ0v) is 11.2. The van der Waals surface area contributed by atoms with Crippen molar-refractivity contribution in [3.63, 3.8) is 0 Å². The van der Waals surface area contributed by atoms with Gasteiger partial charge < -0.3 is 10.6 Å². The minimum absolute atomic E-state index is 0.164. The summed E-state index contributed by atoms with van der Waals surface area (Å²) in [6.45, 7) is 7.83. The smallest absolute Gasteiger partial charge is 0.273 e. The summed E-state index contributed by atoms with van der Waals surface area (Å²) >= 11 is 0. The van der Waals surface area contributed by atoms with Crippen LogP contribution in [0.15, 0.2) is 6.20 Å². The lowest BCUT2D eigenvalue weighted by atomic mass is 10.1. The number of aromatic nitrogens is 3. The molecule has 1 aromatic heterocycles. The third kappa shape index (κ3) is 3.29. The van der Waals surface area contributed by atoms with E-state index in [1.165, 1.54) is 0 Å². The molecule has 0 aliphatic carbocycles. The van der Waals surface area contributed by atoms with Gasteiger partial charge in [-0.1, -0.05) is 5.21 Å². The van der Waals surface area contributed by atoms with Crippen LogP contribution in [0.5, 0.6) is 0 Å². The fourth-order valence-electron chi connectivity index (χ4n) is 2.04. The lowest BCUT2D eigenvalue weighted by molar-refractivity contribution is 0.0914. The van der Waals surface area contributed by atoms with E-state index in [0.29, 0.717) is 11.7 Å². The normalized spacial score (nSPS) is 17.7. The van der Waals surface area contributed by atoms with E-state index < -0.39 is 0 Å². The molecule has 1 aliphatic rings. The molecule has 1 saturated heterocycles. The highest BCUT2D eigenvalue weighted by Gasteiger charge is 2.21. The first-order valence-electron chi connectivity index (χ1n) is 6.41. The van der Waals surface area contributed by atoms with Crippen LogP contribution < -0.4 is 10.6 Å². The molecule has 0 atom stereocenters. The number of piperidine rings is 1. The van der Waals surface area contributed by atoms with E-state index in [1.54, 1.807) is 6.20 Å². The summed E-state index contributed by atoms with van der Waals surface area (Å²) in [5.41, 5.74) is 0.138. The lowest BCUT2D eigenvalue weighted by Gasteiger charge is -2.22. The number of nitrogens with one attached hydrogen (secondary N) is 2. The number of carbonyl (C=O) groups is 1. The molecule has 2 heterocycles. The zero-order chi connectivity index (χ0) is 13.2. The van der Waals surface area contributed by atoms with Crippen LogP contribution in [-0.2, 0) is 0 Å². The van der Waals surface area contributed by atoms with Crippen molar-refractivity contribution in [1.29, 1.82) is 0 Å². The second kappa shape index (κ2) is 5.06. The van der Waals surface area contributed by atoms with E-state index in [9.17, 15) is 4.79 Å². The van der Waals surface area contributed by atoms with Gasteiger partial charge in [-0.3, -0.25) is 4.79 Å². The molecule has 0 radical (unpaired) electrons. The Morgan fingerprint density at radius 3 is 2.72 bits per heavy atom. The monoisotopic (exact) mass is 251 g/mol. The van der Waals surface area contributed by atoms with Crippen LogP contribution in [0.3, 0.4) is 0 Å². The molecule has 6 heteroatoms. The maximum atomic E-state index is 11.9. The standard InChI is InChI=1S/C12H21N5O/c1-12(2,3)14-11(18)10-8-17(16-15-10)9-4-6-13-7-5-9/h8-9,13H,4-7H2,1-3H3,(H,14,18). The Kier molecular flexibility index (Phi) is 3.65. The second-order valence-corrected chi connectivity index (χ2v) is 5.77. The summed E-state index contributed by atoms with van der Waals surface area (Å²) in [7, 11) is 0. The van der Waals surface area contributed by atoms with Gasteiger partial charge in [0.1, 0.15) is 0 Å². The Morgan fingerprint density at radius 1 is 1.44 bits per heavy atom. The number of nitrogens with zero attached hydrogens (tertiary/aromatic N) is 3. The number of hydrogen-bond donors (Lipinski definition) is 2. The van der Waals surface area contributed by atoms with Crippen LogP contribution in [0.2, 0.25) is 0 Å². The molecule has 0 saturated carbocycles. The van der Waals surface area contributed by atoms with Gasteiger partial charge in [0, 0.05) is 5.54 Å². The second-order valence-electron chi connectivity index (χ2n) is 5.77. The minimum atomic E-state index is -0.254. The predicted octanol–water partition coefficient (Wildman–Crippen LogP) is 0.731. The lowest BCUT2D eigenvalue weighted by Crippen LogP contribution is -2.40. The average molecular weight is 251 g/mol. The van der Waals surface area contributed by atoms with Crippen molar-refractivity contribution in [2.75, 3.05) is 13.1 Å². The molecule has 2 rings (SSSR count). The number of rotatable bonds is 2. The van der Waals surface area contributed by atoms with E-state index in [4.69, 9.17) is 0 Å². The van der Waals surface area contributed by atoms with Crippen molar-refractivity contribution in [1.82, 2.24) is 25.6 Å². The van der Waals surface area contributed by atoms with Crippen molar-refractivity contribution >= 4 is 5.91 Å². The molecule has 1 aromatic rings. The van der Waals surface area contributed by atoms with Crippen LogP contribution in [0.25, 0.3) is 0 Å². The molecule has 0 bridgehead atoms. The van der Waals surface area contributed by atoms with Crippen LogP contribution in [0.1, 0.15) is 50.1 Å². The van der Waals surface area contributed by atoms with Crippen molar-refractivity contribution < 1.29 is 4.79 Å². The predicted molar refractivity (Wildman–Crippen MR) is 68.4 cm³/mol. The molecule has 18 heavy (non-hydrogen) atoms. The average Bonchev–Trinajstić information content (AvgIpc) is 2.77. The maximum absolute atomic E-state index is 11.9. The Bertz CT molecular complexity index is 414. The Hall–Kier alpha value is -1.43. The SMILES string of the molecule is CC(C)(C)NC(=O)c1cn(C2CCNCC2)nn1. The molecule has 1 amide bonds. The molecule has 1 fully saturated rings. The molecule has 100 valence electrons. The van der Waals surface area contributed by atoms with Gasteiger partial charge in [0.05, 0.1) is 12.2 Å². The van der Waals surface area contributed by atoms with Gasteiger partial charge >= 0.3 is 0 Å². The third-order valence-corrected chi connectivity index (χ3v) is 2.91. The highest BCUT2D eigenvalue weighted by Crippen LogP contribution is 2.17. The number of amides is 1.